The van der Waals surface area contributed by atoms with E-state index >= 15 is 0 Å². The molecule has 0 unspecified atom stereocenters. The summed E-state index contributed by atoms with van der Waals surface area (Å²) in [5.41, 5.74) is 1.90. The number of carbonyl (C=O) groups is 2. The molecular formula is C9H11O5P. The summed E-state index contributed by atoms with van der Waals surface area (Å²) in [6, 6.07) is 0. The standard InChI is InChI=1S/C9H11O5P/c1-2-4-8(10)13-5-3-6-14-9(11)7-15-12/h2,4H,3,5-6H2,1H3. The van der Waals surface area contributed by atoms with Gasteiger partial charge in [0.1, 0.15) is 0 Å². The zero-order valence-corrected chi connectivity index (χ0v) is 9.16. The maximum absolute atomic E-state index is 10.8. The van der Waals surface area contributed by atoms with Crippen molar-refractivity contribution in [1.29, 1.82) is 0 Å². The normalized spacial score (nSPS) is 9.40. The van der Waals surface area contributed by atoms with E-state index in [0.717, 1.165) is 0 Å². The second kappa shape index (κ2) is 9.25. The monoisotopic (exact) mass is 230 g/mol. The molecule has 0 heterocycles. The van der Waals surface area contributed by atoms with Crippen molar-refractivity contribution < 1.29 is 23.6 Å². The Hall–Kier alpha value is -1.31. The van der Waals surface area contributed by atoms with Gasteiger partial charge in [-0.2, -0.15) is 0 Å². The number of hydrogen-bond donors (Lipinski definition) is 0. The fourth-order valence-electron chi connectivity index (χ4n) is 0.650. The first-order chi connectivity index (χ1) is 7.20. The molecule has 0 aliphatic rings. The Morgan fingerprint density at radius 2 is 2.00 bits per heavy atom. The molecule has 0 aliphatic heterocycles. The second-order valence-electron chi connectivity index (χ2n) is 2.36. The van der Waals surface area contributed by atoms with Crippen molar-refractivity contribution in [3.63, 3.8) is 0 Å². The predicted molar refractivity (Wildman–Crippen MR) is 52.8 cm³/mol. The fourth-order valence-corrected chi connectivity index (χ4v) is 0.789. The van der Waals surface area contributed by atoms with Crippen molar-refractivity contribution in [3.05, 3.63) is 12.2 Å². The minimum absolute atomic E-state index is 0.102. The van der Waals surface area contributed by atoms with E-state index in [2.05, 4.69) is 4.74 Å². The number of ether oxygens (including phenoxy) is 2. The van der Waals surface area contributed by atoms with E-state index in [1.165, 1.54) is 6.08 Å². The summed E-state index contributed by atoms with van der Waals surface area (Å²) >= 11 is 0. The van der Waals surface area contributed by atoms with Crippen LogP contribution in [0, 0.1) is 5.63 Å². The van der Waals surface area contributed by atoms with Crippen molar-refractivity contribution in [2.24, 2.45) is 0 Å². The third kappa shape index (κ3) is 9.01. The summed E-state index contributed by atoms with van der Waals surface area (Å²) in [6.07, 6.45) is 3.26. The molecule has 82 valence electrons. The molecular weight excluding hydrogens is 219 g/mol. The predicted octanol–water partition coefficient (Wildman–Crippen LogP) is 1.29. The van der Waals surface area contributed by atoms with Gasteiger partial charge in [0.05, 0.1) is 0 Å². The first-order valence-corrected chi connectivity index (χ1v) is 5.06. The Morgan fingerprint density at radius 3 is 2.60 bits per heavy atom. The van der Waals surface area contributed by atoms with Crippen LogP contribution in [-0.4, -0.2) is 25.2 Å². The zero-order valence-electron chi connectivity index (χ0n) is 8.26. The molecule has 15 heavy (non-hydrogen) atoms. The van der Waals surface area contributed by atoms with Crippen LogP contribution in [0.25, 0.3) is 0 Å². The molecule has 0 aromatic rings. The van der Waals surface area contributed by atoms with Gasteiger partial charge in [-0.3, -0.25) is 0 Å². The van der Waals surface area contributed by atoms with Crippen LogP contribution >= 0.6 is 7.92 Å². The van der Waals surface area contributed by atoms with E-state index in [1.54, 1.807) is 13.0 Å². The third-order valence-corrected chi connectivity index (χ3v) is 1.48. The summed E-state index contributed by atoms with van der Waals surface area (Å²) in [6.45, 7) is 1.98. The number of allylic oxidation sites excluding steroid dienone is 1. The molecule has 0 saturated carbocycles. The quantitative estimate of drug-likeness (QED) is 0.308. The summed E-state index contributed by atoms with van der Waals surface area (Å²) in [7, 11) is -0.503. The van der Waals surface area contributed by atoms with Crippen LogP contribution in [0.2, 0.25) is 0 Å². The average Bonchev–Trinajstić information content (AvgIpc) is 2.18. The van der Waals surface area contributed by atoms with Crippen LogP contribution in [-0.2, 0) is 23.6 Å². The van der Waals surface area contributed by atoms with Crippen LogP contribution < -0.4 is 0 Å². The average molecular weight is 230 g/mol. The molecule has 0 N–H and O–H groups in total. The maximum atomic E-state index is 10.8. The summed E-state index contributed by atoms with van der Waals surface area (Å²) in [4.78, 5) is 21.4. The third-order valence-electron chi connectivity index (χ3n) is 1.21. The molecule has 0 aliphatic carbocycles. The SMILES string of the molecule is CC=CC(=O)OCCCOC(=O)C#P=O. The van der Waals surface area contributed by atoms with Gasteiger partial charge in [0.15, 0.2) is 0 Å². The van der Waals surface area contributed by atoms with Crippen LogP contribution in [0.5, 0.6) is 0 Å². The van der Waals surface area contributed by atoms with Gasteiger partial charge in [0, 0.05) is 0 Å². The van der Waals surface area contributed by atoms with Gasteiger partial charge in [-0.1, -0.05) is 0 Å². The van der Waals surface area contributed by atoms with Crippen molar-refractivity contribution in [2.45, 2.75) is 13.3 Å². The van der Waals surface area contributed by atoms with E-state index in [1.807, 2.05) is 5.63 Å². The molecule has 0 bridgehead atoms. The molecule has 0 atom stereocenters. The molecule has 0 fully saturated rings. The number of carbonyl (C=O) groups excluding carboxylic acids is 2. The summed E-state index contributed by atoms with van der Waals surface area (Å²) in [5, 5.41) is 0. The Kier molecular flexibility index (Phi) is 8.44. The first-order valence-electron chi connectivity index (χ1n) is 4.25. The summed E-state index contributed by atoms with van der Waals surface area (Å²) < 4.78 is 19.2. The Labute approximate surface area is 88.6 Å². The van der Waals surface area contributed by atoms with Crippen molar-refractivity contribution in [2.75, 3.05) is 13.2 Å². The number of esters is 2. The minimum atomic E-state index is -0.772. The van der Waals surface area contributed by atoms with Gasteiger partial charge in [-0.15, -0.1) is 0 Å². The summed E-state index contributed by atoms with van der Waals surface area (Å²) in [5.74, 6) is -1.20. The van der Waals surface area contributed by atoms with Gasteiger partial charge >= 0.3 is 87.8 Å². The van der Waals surface area contributed by atoms with Gasteiger partial charge in [0.25, 0.3) is 0 Å². The Balaban J connectivity index is 3.46. The van der Waals surface area contributed by atoms with E-state index in [0.29, 0.717) is 6.42 Å². The van der Waals surface area contributed by atoms with Crippen molar-refractivity contribution >= 4 is 19.9 Å². The molecule has 0 radical (unpaired) electrons. The molecule has 5 nitrogen and oxygen atoms in total. The number of rotatable bonds is 5. The number of hydrogen-bond acceptors (Lipinski definition) is 5. The molecule has 0 saturated heterocycles. The fraction of sp³-hybridized carbons (Fsp3) is 0.444. The van der Waals surface area contributed by atoms with Gasteiger partial charge in [0.2, 0.25) is 0 Å². The van der Waals surface area contributed by atoms with Crippen LogP contribution in [0.1, 0.15) is 13.3 Å². The van der Waals surface area contributed by atoms with Gasteiger partial charge < -0.3 is 0 Å². The Morgan fingerprint density at radius 1 is 1.33 bits per heavy atom. The van der Waals surface area contributed by atoms with Crippen molar-refractivity contribution in [3.8, 4) is 5.63 Å². The molecule has 0 spiro atoms. The van der Waals surface area contributed by atoms with Gasteiger partial charge in [-0.25, -0.2) is 0 Å². The van der Waals surface area contributed by atoms with Crippen LogP contribution in [0.4, 0.5) is 0 Å². The van der Waals surface area contributed by atoms with Crippen LogP contribution in [0.3, 0.4) is 0 Å². The first kappa shape index (κ1) is 13.7. The molecule has 6 heteroatoms. The topological polar surface area (TPSA) is 69.7 Å². The van der Waals surface area contributed by atoms with Gasteiger partial charge in [-0.05, 0) is 0 Å². The van der Waals surface area contributed by atoms with Crippen molar-refractivity contribution in [1.82, 2.24) is 0 Å². The molecule has 0 aromatic heterocycles. The Bertz CT molecular complexity index is 340. The molecule has 0 amide bonds. The van der Waals surface area contributed by atoms with E-state index in [4.69, 9.17) is 4.74 Å². The zero-order chi connectivity index (χ0) is 11.5. The molecule has 0 rings (SSSR count). The second-order valence-corrected chi connectivity index (χ2v) is 2.77. The van der Waals surface area contributed by atoms with Crippen LogP contribution in [0.15, 0.2) is 12.2 Å². The van der Waals surface area contributed by atoms with E-state index in [-0.39, 0.29) is 13.2 Å². The molecule has 0 aromatic carbocycles. The van der Waals surface area contributed by atoms with E-state index in [9.17, 15) is 14.2 Å². The van der Waals surface area contributed by atoms with E-state index < -0.39 is 19.9 Å².